The molecule has 1 aliphatic heterocycles. The zero-order valence-corrected chi connectivity index (χ0v) is 6.50. The molecule has 5 nitrogen and oxygen atoms in total. The largest absolute Gasteiger partial charge is 0.483 e. The molecule has 0 aromatic rings. The van der Waals surface area contributed by atoms with E-state index in [4.69, 9.17) is 15.0 Å². The van der Waals surface area contributed by atoms with Crippen LogP contribution in [-0.2, 0) is 9.59 Å². The number of carboxylic acid groups (broad SMARTS) is 2. The zero-order valence-electron chi connectivity index (χ0n) is 5.69. The minimum absolute atomic E-state index is 0.250. The Morgan fingerprint density at radius 3 is 2.45 bits per heavy atom. The van der Waals surface area contributed by atoms with Gasteiger partial charge in [0.15, 0.2) is 0 Å². The number of carboxylic acids is 1. The van der Waals surface area contributed by atoms with Crippen molar-refractivity contribution in [3.8, 4) is 0 Å². The van der Waals surface area contributed by atoms with Gasteiger partial charge in [-0.05, 0) is 0 Å². The third-order valence-corrected chi connectivity index (χ3v) is 1.95. The van der Waals surface area contributed by atoms with Gasteiger partial charge in [-0.3, -0.25) is 14.9 Å². The fraction of sp³-hybridized carbons (Fsp3) is 0.600. The fourth-order valence-corrected chi connectivity index (χ4v) is 1.49. The summed E-state index contributed by atoms with van der Waals surface area (Å²) in [7, 11) is 0. The first-order valence-electron chi connectivity index (χ1n) is 2.84. The molecule has 0 aliphatic carbocycles. The molecular weight excluding hydrogens is 170 g/mol. The number of aliphatic carboxylic acids is 1. The van der Waals surface area contributed by atoms with Crippen molar-refractivity contribution in [2.75, 3.05) is 11.6 Å². The van der Waals surface area contributed by atoms with Gasteiger partial charge in [0.05, 0.1) is 0 Å². The maximum absolute atomic E-state index is 10.1. The first-order valence-corrected chi connectivity index (χ1v) is 3.99. The van der Waals surface area contributed by atoms with Crippen LogP contribution in [0.2, 0.25) is 0 Å². The molecule has 0 aromatic heterocycles. The molecule has 0 amide bonds. The van der Waals surface area contributed by atoms with Crippen molar-refractivity contribution in [2.24, 2.45) is 0 Å². The van der Waals surface area contributed by atoms with Crippen LogP contribution in [-0.4, -0.2) is 40.3 Å². The summed E-state index contributed by atoms with van der Waals surface area (Å²) >= 11 is 1.62. The molecule has 0 saturated carbocycles. The summed E-state index contributed by atoms with van der Waals surface area (Å²) in [6.45, 7) is -0.250. The van der Waals surface area contributed by atoms with Crippen LogP contribution in [0, 0.1) is 0 Å². The second-order valence-corrected chi connectivity index (χ2v) is 2.75. The second kappa shape index (κ2) is 5.99. The van der Waals surface area contributed by atoms with Crippen LogP contribution < -0.4 is 5.32 Å². The number of hydrogen-bond donors (Lipinski definition) is 3. The smallest absolute Gasteiger partial charge is 0.321 e. The van der Waals surface area contributed by atoms with Gasteiger partial charge < -0.3 is 10.2 Å². The number of thioether (sulfide) groups is 1. The molecule has 6 heteroatoms. The fourth-order valence-electron chi connectivity index (χ4n) is 0.554. The average molecular weight is 179 g/mol. The van der Waals surface area contributed by atoms with E-state index in [1.165, 1.54) is 0 Å². The number of rotatable bonds is 1. The lowest BCUT2D eigenvalue weighted by molar-refractivity contribution is -0.138. The molecule has 1 heterocycles. The Morgan fingerprint density at radius 2 is 2.27 bits per heavy atom. The highest BCUT2D eigenvalue weighted by atomic mass is 32.2. The van der Waals surface area contributed by atoms with Crippen LogP contribution in [0.1, 0.15) is 0 Å². The van der Waals surface area contributed by atoms with Gasteiger partial charge in [-0.1, -0.05) is 0 Å². The van der Waals surface area contributed by atoms with Crippen molar-refractivity contribution in [3.05, 3.63) is 0 Å². The van der Waals surface area contributed by atoms with Crippen molar-refractivity contribution in [1.82, 2.24) is 5.32 Å². The van der Waals surface area contributed by atoms with E-state index < -0.39 is 5.97 Å². The Hall–Kier alpha value is -0.750. The van der Waals surface area contributed by atoms with E-state index in [1.54, 1.807) is 11.8 Å². The third kappa shape index (κ3) is 4.63. The van der Waals surface area contributed by atoms with E-state index in [0.717, 1.165) is 5.88 Å². The summed E-state index contributed by atoms with van der Waals surface area (Å²) in [4.78, 5) is 18.5. The molecule has 1 fully saturated rings. The van der Waals surface area contributed by atoms with Crippen molar-refractivity contribution < 1.29 is 19.8 Å². The third-order valence-electron chi connectivity index (χ3n) is 1.01. The Balaban J connectivity index is 0.000000292. The Labute approximate surface area is 67.8 Å². The second-order valence-electron chi connectivity index (χ2n) is 1.72. The predicted octanol–water partition coefficient (Wildman–Crippen LogP) is -0.566. The molecule has 1 rings (SSSR count). The Bertz CT molecular complexity index is 134. The molecule has 1 saturated heterocycles. The molecular formula is C5H9NO4S. The molecule has 3 N–H and O–H groups in total. The minimum atomic E-state index is -0.741. The van der Waals surface area contributed by atoms with E-state index in [2.05, 4.69) is 5.32 Å². The Kier molecular flexibility index (Phi) is 5.58. The van der Waals surface area contributed by atoms with Crippen LogP contribution in [0.3, 0.4) is 0 Å². The van der Waals surface area contributed by atoms with E-state index >= 15 is 0 Å². The quantitative estimate of drug-likeness (QED) is 0.467. The lowest BCUT2D eigenvalue weighted by Crippen LogP contribution is -2.32. The SMILES string of the molecule is O=C(O)C1CSCN1.O=CO. The summed E-state index contributed by atoms with van der Waals surface area (Å²) in [5, 5.41) is 18.0. The molecule has 0 radical (unpaired) electrons. The van der Waals surface area contributed by atoms with Crippen molar-refractivity contribution in [3.63, 3.8) is 0 Å². The van der Waals surface area contributed by atoms with Gasteiger partial charge in [0.25, 0.3) is 6.47 Å². The molecule has 1 unspecified atom stereocenters. The van der Waals surface area contributed by atoms with Crippen LogP contribution in [0.25, 0.3) is 0 Å². The average Bonchev–Trinajstić information content (AvgIpc) is 2.38. The van der Waals surface area contributed by atoms with Crippen LogP contribution >= 0.6 is 11.8 Å². The minimum Gasteiger partial charge on any atom is -0.483 e. The number of nitrogens with one attached hydrogen (secondary N) is 1. The van der Waals surface area contributed by atoms with Gasteiger partial charge >= 0.3 is 5.97 Å². The highest BCUT2D eigenvalue weighted by Gasteiger charge is 2.20. The lowest BCUT2D eigenvalue weighted by Gasteiger charge is -1.98. The van der Waals surface area contributed by atoms with Gasteiger partial charge in [0.1, 0.15) is 6.04 Å². The molecule has 1 aliphatic rings. The van der Waals surface area contributed by atoms with E-state index in [0.29, 0.717) is 5.75 Å². The van der Waals surface area contributed by atoms with Crippen molar-refractivity contribution in [1.29, 1.82) is 0 Å². The standard InChI is InChI=1S/C4H7NO2S.CH2O2/c6-4(7)3-1-8-2-5-3;2-1-3/h3,5H,1-2H2,(H,6,7);1H,(H,2,3). The zero-order chi connectivity index (χ0) is 8.69. The van der Waals surface area contributed by atoms with Crippen LogP contribution in [0.4, 0.5) is 0 Å². The van der Waals surface area contributed by atoms with Gasteiger partial charge in [-0.25, -0.2) is 0 Å². The molecule has 1 atom stereocenters. The predicted molar refractivity (Wildman–Crippen MR) is 40.6 cm³/mol. The molecule has 64 valence electrons. The topological polar surface area (TPSA) is 86.6 Å². The van der Waals surface area contributed by atoms with Gasteiger partial charge in [-0.2, -0.15) is 0 Å². The van der Waals surface area contributed by atoms with Crippen molar-refractivity contribution in [2.45, 2.75) is 6.04 Å². The maximum Gasteiger partial charge on any atom is 0.321 e. The molecule has 0 spiro atoms. The van der Waals surface area contributed by atoms with Crippen LogP contribution in [0.5, 0.6) is 0 Å². The van der Waals surface area contributed by atoms with E-state index in [1.807, 2.05) is 0 Å². The summed E-state index contributed by atoms with van der Waals surface area (Å²) < 4.78 is 0. The lowest BCUT2D eigenvalue weighted by atomic mass is 10.4. The summed E-state index contributed by atoms with van der Waals surface area (Å²) in [5.41, 5.74) is 0. The number of carbonyl (C=O) groups is 2. The molecule has 0 bridgehead atoms. The summed E-state index contributed by atoms with van der Waals surface area (Å²) in [6, 6.07) is -0.306. The Morgan fingerprint density at radius 1 is 1.73 bits per heavy atom. The van der Waals surface area contributed by atoms with E-state index in [9.17, 15) is 4.79 Å². The molecule has 0 aromatic carbocycles. The number of hydrogen-bond acceptors (Lipinski definition) is 4. The molecule has 11 heavy (non-hydrogen) atoms. The van der Waals surface area contributed by atoms with Crippen LogP contribution in [0.15, 0.2) is 0 Å². The first-order chi connectivity index (χ1) is 5.22. The van der Waals surface area contributed by atoms with Crippen molar-refractivity contribution >= 4 is 24.2 Å². The first kappa shape index (κ1) is 10.2. The van der Waals surface area contributed by atoms with Gasteiger partial charge in [0, 0.05) is 11.6 Å². The van der Waals surface area contributed by atoms with E-state index in [-0.39, 0.29) is 12.5 Å². The summed E-state index contributed by atoms with van der Waals surface area (Å²) in [6.07, 6.45) is 0. The van der Waals surface area contributed by atoms with Gasteiger partial charge in [0.2, 0.25) is 0 Å². The normalized spacial score (nSPS) is 21.6. The monoisotopic (exact) mass is 179 g/mol. The maximum atomic E-state index is 10.1. The highest BCUT2D eigenvalue weighted by molar-refractivity contribution is 7.99. The summed E-state index contributed by atoms with van der Waals surface area (Å²) in [5.74, 6) is 0.738. The highest BCUT2D eigenvalue weighted by Crippen LogP contribution is 2.08. The van der Waals surface area contributed by atoms with Gasteiger partial charge in [-0.15, -0.1) is 11.8 Å².